The molecule has 10 heteroatoms. The Morgan fingerprint density at radius 1 is 0.977 bits per heavy atom. The second-order valence-corrected chi connectivity index (χ2v) is 14.9. The molecule has 2 heterocycles. The van der Waals surface area contributed by atoms with E-state index in [1.807, 2.05) is 42.2 Å². The maximum absolute atomic E-state index is 13.7. The number of benzene rings is 2. The molecule has 0 aromatic heterocycles. The van der Waals surface area contributed by atoms with Crippen molar-refractivity contribution < 1.29 is 26.8 Å². The van der Waals surface area contributed by atoms with E-state index in [0.717, 1.165) is 49.8 Å². The summed E-state index contributed by atoms with van der Waals surface area (Å²) in [6.07, 6.45) is 6.10. The lowest BCUT2D eigenvalue weighted by Crippen LogP contribution is -2.52. The maximum atomic E-state index is 13.7. The molecule has 2 amide bonds. The van der Waals surface area contributed by atoms with Gasteiger partial charge in [0.05, 0.1) is 17.4 Å². The lowest BCUT2D eigenvalue weighted by atomic mass is 9.86. The van der Waals surface area contributed by atoms with E-state index < -0.39 is 15.8 Å². The number of sulfone groups is 1. The minimum atomic E-state index is -3.28. The Labute approximate surface area is 260 Å². The Kier molecular flexibility index (Phi) is 10.1. The second-order valence-electron chi connectivity index (χ2n) is 12.9. The molecule has 7 nitrogen and oxygen atoms in total. The number of amides is 2. The topological polar surface area (TPSA) is 86.8 Å². The summed E-state index contributed by atoms with van der Waals surface area (Å²) in [5.74, 6) is -3.10. The van der Waals surface area contributed by atoms with Crippen molar-refractivity contribution in [2.75, 3.05) is 19.3 Å². The van der Waals surface area contributed by atoms with Gasteiger partial charge in [-0.2, -0.15) is 0 Å². The van der Waals surface area contributed by atoms with E-state index in [2.05, 4.69) is 10.2 Å². The van der Waals surface area contributed by atoms with Gasteiger partial charge in [0.15, 0.2) is 9.84 Å². The molecule has 1 N–H and O–H groups in total. The summed E-state index contributed by atoms with van der Waals surface area (Å²) in [5, 5.41) is 3.21. The first-order valence-electron chi connectivity index (χ1n) is 16.0. The van der Waals surface area contributed by atoms with Crippen molar-refractivity contribution in [2.24, 2.45) is 5.92 Å². The molecule has 3 aliphatic rings. The number of piperidine rings is 1. The molecule has 1 saturated carbocycles. The number of hydrogen-bond acceptors (Lipinski definition) is 5. The first kappa shape index (κ1) is 32.5. The first-order chi connectivity index (χ1) is 20.9. The zero-order chi connectivity index (χ0) is 31.5. The van der Waals surface area contributed by atoms with Gasteiger partial charge in [0.25, 0.3) is 0 Å². The van der Waals surface area contributed by atoms with Gasteiger partial charge in [-0.15, -0.1) is 0 Å². The van der Waals surface area contributed by atoms with Crippen LogP contribution in [0.2, 0.25) is 0 Å². The molecule has 2 aliphatic heterocycles. The third-order valence-electron chi connectivity index (χ3n) is 9.95. The zero-order valence-corrected chi connectivity index (χ0v) is 26.6. The fraction of sp³-hybridized carbons (Fsp3) is 0.588. The van der Waals surface area contributed by atoms with Gasteiger partial charge >= 0.3 is 0 Å². The zero-order valence-electron chi connectivity index (χ0n) is 25.8. The number of nitrogens with one attached hydrogen (secondary N) is 1. The van der Waals surface area contributed by atoms with E-state index in [4.69, 9.17) is 0 Å². The van der Waals surface area contributed by atoms with Gasteiger partial charge in [0, 0.05) is 56.2 Å². The van der Waals surface area contributed by atoms with E-state index in [1.54, 1.807) is 24.3 Å². The molecular weight excluding hydrogens is 584 g/mol. The first-order valence-corrected chi connectivity index (χ1v) is 17.9. The molecule has 2 saturated heterocycles. The van der Waals surface area contributed by atoms with Crippen LogP contribution in [-0.4, -0.2) is 73.4 Å². The molecule has 0 spiro atoms. The Morgan fingerprint density at radius 2 is 1.59 bits per heavy atom. The quantitative estimate of drug-likeness (QED) is 0.352. The molecule has 3 fully saturated rings. The largest absolute Gasteiger partial charge is 0.349 e. The van der Waals surface area contributed by atoms with Crippen LogP contribution in [0, 0.1) is 5.92 Å². The van der Waals surface area contributed by atoms with Crippen LogP contribution in [0.3, 0.4) is 0 Å². The van der Waals surface area contributed by atoms with Crippen LogP contribution in [0.4, 0.5) is 8.78 Å². The predicted molar refractivity (Wildman–Crippen MR) is 166 cm³/mol. The van der Waals surface area contributed by atoms with Crippen LogP contribution in [0.1, 0.15) is 81.9 Å². The third-order valence-corrected chi connectivity index (χ3v) is 11.1. The number of carbonyl (C=O) groups is 2. The highest BCUT2D eigenvalue weighted by Crippen LogP contribution is 2.39. The van der Waals surface area contributed by atoms with Gasteiger partial charge < -0.3 is 10.2 Å². The lowest BCUT2D eigenvalue weighted by Gasteiger charge is -2.43. The Balaban J connectivity index is 1.19. The van der Waals surface area contributed by atoms with Gasteiger partial charge in [0.1, 0.15) is 0 Å². The SMILES string of the molecule is CCN(C(=O)Cc1ccc(S(C)(=O)=O)cc1)C1CC2CC[C@@H](C1)N2CCC(NC(=O)C1CCC(F)(F)CC1)c1ccccc1. The van der Waals surface area contributed by atoms with E-state index in [9.17, 15) is 26.8 Å². The molecule has 0 radical (unpaired) electrons. The Hall–Kier alpha value is -2.85. The van der Waals surface area contributed by atoms with Crippen molar-refractivity contribution in [1.29, 1.82) is 0 Å². The average molecular weight is 630 g/mol. The highest BCUT2D eigenvalue weighted by Gasteiger charge is 2.43. The summed E-state index contributed by atoms with van der Waals surface area (Å²) in [5.41, 5.74) is 1.83. The standard InChI is InChI=1S/C34H45F2N3O4S/c1-3-38(32(40)21-24-9-13-30(14-10-24)44(2,42)43)29-22-27-11-12-28(23-29)39(27)20-17-31(25-7-5-4-6-8-25)37-33(41)26-15-18-34(35,36)19-16-26/h4-10,13-14,26-29,31H,3,11-12,15-23H2,1-2H3,(H,37,41)/t27-,28?,29?,31?/m0/s1. The second kappa shape index (κ2) is 13.6. The number of rotatable bonds is 11. The predicted octanol–water partition coefficient (Wildman–Crippen LogP) is 5.55. The number of alkyl halides is 2. The molecule has 1 aliphatic carbocycles. The van der Waals surface area contributed by atoms with Gasteiger partial charge in [0.2, 0.25) is 17.7 Å². The van der Waals surface area contributed by atoms with Crippen molar-refractivity contribution >= 4 is 21.7 Å². The van der Waals surface area contributed by atoms with Crippen molar-refractivity contribution in [1.82, 2.24) is 15.1 Å². The third kappa shape index (κ3) is 7.86. The van der Waals surface area contributed by atoms with Crippen LogP contribution in [0.5, 0.6) is 0 Å². The molecule has 3 unspecified atom stereocenters. The van der Waals surface area contributed by atoms with E-state index in [-0.39, 0.29) is 66.8 Å². The summed E-state index contributed by atoms with van der Waals surface area (Å²) in [6, 6.07) is 17.2. The van der Waals surface area contributed by atoms with Gasteiger partial charge in [-0.1, -0.05) is 42.5 Å². The Morgan fingerprint density at radius 3 is 2.16 bits per heavy atom. The van der Waals surface area contributed by atoms with Crippen molar-refractivity contribution in [3.63, 3.8) is 0 Å². The minimum Gasteiger partial charge on any atom is -0.349 e. The van der Waals surface area contributed by atoms with Crippen molar-refractivity contribution in [2.45, 2.75) is 106 Å². The summed E-state index contributed by atoms with van der Waals surface area (Å²) in [7, 11) is -3.28. The molecule has 4 atom stereocenters. The molecular formula is C34H45F2N3O4S. The number of fused-ring (bicyclic) bond motifs is 2. The smallest absolute Gasteiger partial charge is 0.248 e. The maximum Gasteiger partial charge on any atom is 0.248 e. The van der Waals surface area contributed by atoms with E-state index in [0.29, 0.717) is 18.6 Å². The molecule has 2 aromatic rings. The van der Waals surface area contributed by atoms with Gasteiger partial charge in [-0.05, 0) is 75.1 Å². The van der Waals surface area contributed by atoms with Gasteiger partial charge in [-0.25, -0.2) is 17.2 Å². The normalized spacial score (nSPS) is 24.5. The monoisotopic (exact) mass is 629 g/mol. The van der Waals surface area contributed by atoms with E-state index >= 15 is 0 Å². The number of nitrogens with zero attached hydrogens (tertiary/aromatic N) is 2. The highest BCUT2D eigenvalue weighted by molar-refractivity contribution is 7.90. The fourth-order valence-corrected chi connectivity index (χ4v) is 8.14. The molecule has 44 heavy (non-hydrogen) atoms. The van der Waals surface area contributed by atoms with Crippen LogP contribution in [0.25, 0.3) is 0 Å². The molecule has 5 rings (SSSR count). The highest BCUT2D eigenvalue weighted by atomic mass is 32.2. The van der Waals surface area contributed by atoms with Crippen LogP contribution in [0.15, 0.2) is 59.5 Å². The van der Waals surface area contributed by atoms with Crippen LogP contribution in [-0.2, 0) is 25.8 Å². The van der Waals surface area contributed by atoms with Gasteiger partial charge in [-0.3, -0.25) is 14.5 Å². The van der Waals surface area contributed by atoms with E-state index in [1.165, 1.54) is 6.26 Å². The number of hydrogen-bond donors (Lipinski definition) is 1. The summed E-state index contributed by atoms with van der Waals surface area (Å²) >= 11 is 0. The summed E-state index contributed by atoms with van der Waals surface area (Å²) in [4.78, 5) is 31.3. The van der Waals surface area contributed by atoms with Crippen molar-refractivity contribution in [3.8, 4) is 0 Å². The van der Waals surface area contributed by atoms with Crippen molar-refractivity contribution in [3.05, 3.63) is 65.7 Å². The fourth-order valence-electron chi connectivity index (χ4n) is 7.51. The molecule has 2 aromatic carbocycles. The molecule has 240 valence electrons. The molecule has 2 bridgehead atoms. The minimum absolute atomic E-state index is 0.0600. The summed E-state index contributed by atoms with van der Waals surface area (Å²) < 4.78 is 51.0. The summed E-state index contributed by atoms with van der Waals surface area (Å²) in [6.45, 7) is 3.45. The Bertz CT molecular complexity index is 1380. The average Bonchev–Trinajstić information content (AvgIpc) is 3.22. The van der Waals surface area contributed by atoms with Crippen LogP contribution >= 0.6 is 0 Å². The number of halogens is 2. The number of carbonyl (C=O) groups excluding carboxylic acids is 2. The number of likely N-dealkylation sites (N-methyl/N-ethyl adjacent to an activating group) is 1. The van der Waals surface area contributed by atoms with Crippen LogP contribution < -0.4 is 5.32 Å². The lowest BCUT2D eigenvalue weighted by molar-refractivity contribution is -0.134.